The van der Waals surface area contributed by atoms with Crippen LogP contribution < -0.4 is 10.6 Å². The van der Waals surface area contributed by atoms with Crippen LogP contribution in [-0.2, 0) is 10.0 Å². The minimum atomic E-state index is -3.65. The fraction of sp³-hybridized carbons (Fsp3) is 0.350. The van der Waals surface area contributed by atoms with Crippen LogP contribution in [0.15, 0.2) is 47.4 Å². The Bertz CT molecular complexity index is 933. The molecule has 28 heavy (non-hydrogen) atoms. The summed E-state index contributed by atoms with van der Waals surface area (Å²) in [7, 11) is -3.65. The minimum absolute atomic E-state index is 0.0767. The van der Waals surface area contributed by atoms with E-state index >= 15 is 0 Å². The van der Waals surface area contributed by atoms with E-state index in [9.17, 15) is 17.6 Å². The molecule has 0 atom stereocenters. The number of piperidine rings is 1. The average Bonchev–Trinajstić information content (AvgIpc) is 2.61. The highest BCUT2D eigenvalue weighted by molar-refractivity contribution is 7.89. The highest BCUT2D eigenvalue weighted by Crippen LogP contribution is 2.21. The van der Waals surface area contributed by atoms with Crippen molar-refractivity contribution in [3.05, 3.63) is 59.4 Å². The zero-order chi connectivity index (χ0) is 20.3. The fourth-order valence-corrected chi connectivity index (χ4v) is 4.87. The summed E-state index contributed by atoms with van der Waals surface area (Å²) >= 11 is 0. The standard InChI is InChI=1S/C20H24FN3O3S/c1-14-11-15(2)13-18(12-14)23-20(25)22-17-7-9-24(10-8-17)28(26,27)19-5-3-16(21)4-6-19/h3-6,11-13,17H,7-10H2,1-2H3,(H2,22,23,25). The Balaban J connectivity index is 1.55. The molecule has 0 aromatic heterocycles. The number of benzene rings is 2. The van der Waals surface area contributed by atoms with Crippen molar-refractivity contribution >= 4 is 21.7 Å². The molecule has 0 saturated carbocycles. The Morgan fingerprint density at radius 1 is 1.04 bits per heavy atom. The van der Waals surface area contributed by atoms with E-state index in [0.29, 0.717) is 25.9 Å². The molecule has 2 aromatic carbocycles. The van der Waals surface area contributed by atoms with E-state index in [1.807, 2.05) is 32.0 Å². The molecule has 8 heteroatoms. The van der Waals surface area contributed by atoms with E-state index in [1.165, 1.54) is 16.4 Å². The molecule has 1 fully saturated rings. The summed E-state index contributed by atoms with van der Waals surface area (Å²) < 4.78 is 39.7. The summed E-state index contributed by atoms with van der Waals surface area (Å²) in [5, 5.41) is 5.73. The predicted octanol–water partition coefficient (Wildman–Crippen LogP) is 3.42. The maximum Gasteiger partial charge on any atom is 0.319 e. The summed E-state index contributed by atoms with van der Waals surface area (Å²) in [6, 6.07) is 10.2. The van der Waals surface area contributed by atoms with Crippen LogP contribution in [0.1, 0.15) is 24.0 Å². The molecule has 6 nitrogen and oxygen atoms in total. The van der Waals surface area contributed by atoms with Gasteiger partial charge in [0.05, 0.1) is 4.90 Å². The number of hydrogen-bond donors (Lipinski definition) is 2. The quantitative estimate of drug-likeness (QED) is 0.818. The Morgan fingerprint density at radius 3 is 2.18 bits per heavy atom. The average molecular weight is 405 g/mol. The van der Waals surface area contributed by atoms with Gasteiger partial charge in [-0.25, -0.2) is 17.6 Å². The molecule has 3 rings (SSSR count). The number of nitrogens with one attached hydrogen (secondary N) is 2. The maximum absolute atomic E-state index is 13.0. The van der Waals surface area contributed by atoms with Gasteiger partial charge in [0.2, 0.25) is 10.0 Å². The summed E-state index contributed by atoms with van der Waals surface area (Å²) in [5.74, 6) is -0.475. The van der Waals surface area contributed by atoms with Crippen molar-refractivity contribution in [3.8, 4) is 0 Å². The monoisotopic (exact) mass is 405 g/mol. The Morgan fingerprint density at radius 2 is 1.61 bits per heavy atom. The number of rotatable bonds is 4. The molecular weight excluding hydrogens is 381 g/mol. The molecular formula is C20H24FN3O3S. The molecule has 2 amide bonds. The molecule has 0 spiro atoms. The van der Waals surface area contributed by atoms with E-state index in [0.717, 1.165) is 28.9 Å². The van der Waals surface area contributed by atoms with Gasteiger partial charge in [0.25, 0.3) is 0 Å². The lowest BCUT2D eigenvalue weighted by Crippen LogP contribution is -2.47. The number of carbonyl (C=O) groups excluding carboxylic acids is 1. The van der Waals surface area contributed by atoms with Gasteiger partial charge in [0.1, 0.15) is 5.82 Å². The molecule has 0 aliphatic carbocycles. The van der Waals surface area contributed by atoms with Crippen LogP contribution in [0.4, 0.5) is 14.9 Å². The molecule has 0 bridgehead atoms. The molecule has 150 valence electrons. The van der Waals surface area contributed by atoms with E-state index < -0.39 is 15.8 Å². The maximum atomic E-state index is 13.0. The van der Waals surface area contributed by atoms with Gasteiger partial charge in [-0.05, 0) is 74.2 Å². The van der Waals surface area contributed by atoms with Gasteiger partial charge < -0.3 is 10.6 Å². The van der Waals surface area contributed by atoms with E-state index in [-0.39, 0.29) is 17.0 Å². The first kappa shape index (κ1) is 20.3. The summed E-state index contributed by atoms with van der Waals surface area (Å²) in [5.41, 5.74) is 2.86. The molecule has 1 heterocycles. The van der Waals surface area contributed by atoms with Crippen molar-refractivity contribution < 1.29 is 17.6 Å². The van der Waals surface area contributed by atoms with Crippen molar-refractivity contribution in [2.45, 2.75) is 37.6 Å². The second kappa shape index (κ2) is 8.28. The van der Waals surface area contributed by atoms with Gasteiger partial charge in [-0.15, -0.1) is 0 Å². The third-order valence-electron chi connectivity index (χ3n) is 4.72. The number of nitrogens with zero attached hydrogens (tertiary/aromatic N) is 1. The van der Waals surface area contributed by atoms with Crippen molar-refractivity contribution in [3.63, 3.8) is 0 Å². The Kier molecular flexibility index (Phi) is 6.00. The third-order valence-corrected chi connectivity index (χ3v) is 6.63. The molecule has 1 aliphatic rings. The smallest absolute Gasteiger partial charge is 0.319 e. The lowest BCUT2D eigenvalue weighted by Gasteiger charge is -2.31. The first-order chi connectivity index (χ1) is 13.2. The van der Waals surface area contributed by atoms with Gasteiger partial charge >= 0.3 is 6.03 Å². The summed E-state index contributed by atoms with van der Waals surface area (Å²) in [6.07, 6.45) is 1.03. The Hall–Kier alpha value is -2.45. The Labute approximate surface area is 164 Å². The van der Waals surface area contributed by atoms with Crippen molar-refractivity contribution in [1.82, 2.24) is 9.62 Å². The van der Waals surface area contributed by atoms with Gasteiger partial charge in [-0.2, -0.15) is 4.31 Å². The second-order valence-corrected chi connectivity index (χ2v) is 9.05. The van der Waals surface area contributed by atoms with Crippen LogP contribution in [0.2, 0.25) is 0 Å². The second-order valence-electron chi connectivity index (χ2n) is 7.11. The van der Waals surface area contributed by atoms with E-state index in [4.69, 9.17) is 0 Å². The van der Waals surface area contributed by atoms with Crippen LogP contribution in [0.5, 0.6) is 0 Å². The van der Waals surface area contributed by atoms with Gasteiger partial charge in [0.15, 0.2) is 0 Å². The van der Waals surface area contributed by atoms with E-state index in [2.05, 4.69) is 10.6 Å². The van der Waals surface area contributed by atoms with Crippen molar-refractivity contribution in [1.29, 1.82) is 0 Å². The molecule has 0 radical (unpaired) electrons. The number of hydrogen-bond acceptors (Lipinski definition) is 3. The van der Waals surface area contributed by atoms with E-state index in [1.54, 1.807) is 0 Å². The van der Waals surface area contributed by atoms with Crippen LogP contribution in [-0.4, -0.2) is 37.9 Å². The highest BCUT2D eigenvalue weighted by Gasteiger charge is 2.30. The van der Waals surface area contributed by atoms with Crippen molar-refractivity contribution in [2.24, 2.45) is 0 Å². The fourth-order valence-electron chi connectivity index (χ4n) is 3.40. The van der Waals surface area contributed by atoms with Crippen LogP contribution in [0.25, 0.3) is 0 Å². The lowest BCUT2D eigenvalue weighted by molar-refractivity contribution is 0.238. The normalized spacial score (nSPS) is 16.0. The van der Waals surface area contributed by atoms with Crippen LogP contribution in [0, 0.1) is 19.7 Å². The van der Waals surface area contributed by atoms with Crippen LogP contribution in [0.3, 0.4) is 0 Å². The number of aryl methyl sites for hydroxylation is 2. The minimum Gasteiger partial charge on any atom is -0.335 e. The zero-order valence-electron chi connectivity index (χ0n) is 15.9. The highest BCUT2D eigenvalue weighted by atomic mass is 32.2. The number of anilines is 1. The summed E-state index contributed by atoms with van der Waals surface area (Å²) in [6.45, 7) is 4.53. The number of sulfonamides is 1. The van der Waals surface area contributed by atoms with Gasteiger partial charge in [-0.3, -0.25) is 0 Å². The molecule has 1 aliphatic heterocycles. The molecule has 2 N–H and O–H groups in total. The van der Waals surface area contributed by atoms with Gasteiger partial charge in [0, 0.05) is 24.8 Å². The predicted molar refractivity (Wildman–Crippen MR) is 106 cm³/mol. The topological polar surface area (TPSA) is 78.5 Å². The number of amides is 2. The first-order valence-electron chi connectivity index (χ1n) is 9.15. The molecule has 2 aromatic rings. The SMILES string of the molecule is Cc1cc(C)cc(NC(=O)NC2CCN(S(=O)(=O)c3ccc(F)cc3)CC2)c1. The third kappa shape index (κ3) is 4.88. The number of halogens is 1. The molecule has 0 unspecified atom stereocenters. The van der Waals surface area contributed by atoms with Gasteiger partial charge in [-0.1, -0.05) is 6.07 Å². The van der Waals surface area contributed by atoms with Crippen LogP contribution >= 0.6 is 0 Å². The summed E-state index contributed by atoms with van der Waals surface area (Å²) in [4.78, 5) is 12.3. The number of urea groups is 1. The zero-order valence-corrected chi connectivity index (χ0v) is 16.7. The lowest BCUT2D eigenvalue weighted by atomic mass is 10.1. The molecule has 1 saturated heterocycles. The number of carbonyl (C=O) groups is 1. The largest absolute Gasteiger partial charge is 0.335 e. The first-order valence-corrected chi connectivity index (χ1v) is 10.6. The van der Waals surface area contributed by atoms with Crippen molar-refractivity contribution in [2.75, 3.05) is 18.4 Å².